The first-order valence-corrected chi connectivity index (χ1v) is 9.77. The predicted octanol–water partition coefficient (Wildman–Crippen LogP) is 3.64. The van der Waals surface area contributed by atoms with Gasteiger partial charge < -0.3 is 14.9 Å². The van der Waals surface area contributed by atoms with E-state index in [4.69, 9.17) is 4.74 Å². The SMILES string of the molecule is CO[C@]1(C)C[C@@]23CC[C@H]4[C@](C)([C@@H]2C=C[C@H]1C3)[C@@H](O)CC[C@]4(C)C(=O)O. The van der Waals surface area contributed by atoms with E-state index in [0.29, 0.717) is 18.8 Å². The number of aliphatic carboxylic acids is 1. The fourth-order valence-electron chi connectivity index (χ4n) is 7.53. The fraction of sp³-hybridized carbons (Fsp3) is 0.857. The van der Waals surface area contributed by atoms with E-state index in [1.54, 1.807) is 0 Å². The van der Waals surface area contributed by atoms with Crippen LogP contribution in [0.25, 0.3) is 0 Å². The van der Waals surface area contributed by atoms with E-state index in [-0.39, 0.29) is 28.3 Å². The highest BCUT2D eigenvalue weighted by Crippen LogP contribution is 2.71. The summed E-state index contributed by atoms with van der Waals surface area (Å²) in [5.41, 5.74) is -1.09. The summed E-state index contributed by atoms with van der Waals surface area (Å²) >= 11 is 0. The van der Waals surface area contributed by atoms with Crippen LogP contribution in [-0.2, 0) is 9.53 Å². The van der Waals surface area contributed by atoms with Crippen LogP contribution < -0.4 is 0 Å². The third-order valence-corrected chi connectivity index (χ3v) is 9.04. The van der Waals surface area contributed by atoms with Gasteiger partial charge in [-0.3, -0.25) is 4.79 Å². The molecule has 4 heteroatoms. The minimum absolute atomic E-state index is 0.0208. The lowest BCUT2D eigenvalue weighted by molar-refractivity contribution is -0.199. The second-order valence-electron chi connectivity index (χ2n) is 9.96. The molecule has 4 aliphatic carbocycles. The van der Waals surface area contributed by atoms with Crippen molar-refractivity contribution in [3.8, 4) is 0 Å². The van der Waals surface area contributed by atoms with Crippen LogP contribution >= 0.6 is 0 Å². The minimum Gasteiger partial charge on any atom is -0.481 e. The Kier molecular flexibility index (Phi) is 3.58. The van der Waals surface area contributed by atoms with E-state index in [1.807, 2.05) is 14.0 Å². The third-order valence-electron chi connectivity index (χ3n) is 9.04. The Balaban J connectivity index is 1.80. The van der Waals surface area contributed by atoms with Gasteiger partial charge in [0.25, 0.3) is 0 Å². The van der Waals surface area contributed by atoms with Crippen LogP contribution in [0.5, 0.6) is 0 Å². The lowest BCUT2D eigenvalue weighted by Gasteiger charge is -2.63. The van der Waals surface area contributed by atoms with Crippen LogP contribution in [0.2, 0.25) is 0 Å². The predicted molar refractivity (Wildman–Crippen MR) is 95.0 cm³/mol. The Morgan fingerprint density at radius 2 is 1.88 bits per heavy atom. The lowest BCUT2D eigenvalue weighted by atomic mass is 9.41. The molecule has 0 unspecified atom stereocenters. The second kappa shape index (κ2) is 5.10. The van der Waals surface area contributed by atoms with Crippen LogP contribution in [0.15, 0.2) is 12.2 Å². The summed E-state index contributed by atoms with van der Waals surface area (Å²) in [4.78, 5) is 12.1. The number of rotatable bonds is 2. The Bertz CT molecular complexity index is 629. The fourth-order valence-corrected chi connectivity index (χ4v) is 7.53. The van der Waals surface area contributed by atoms with Crippen LogP contribution in [-0.4, -0.2) is 35.0 Å². The molecular weight excluding hydrogens is 316 g/mol. The molecule has 4 nitrogen and oxygen atoms in total. The molecule has 4 aliphatic rings. The molecule has 0 aromatic heterocycles. The standard InChI is InChI=1S/C21H32O4/c1-18(17(23)24)9-8-16(22)20(3)14(18)7-10-21-11-13(5-6-15(20)21)19(2,12-21)25-4/h5-6,13-16,22H,7-12H2,1-4H3,(H,23,24)/t13-,14+,15-,16-,18-,19+,20+,21-/m0/s1. The summed E-state index contributed by atoms with van der Waals surface area (Å²) in [6.07, 6.45) is 9.42. The number of ether oxygens (including phenoxy) is 1. The van der Waals surface area contributed by atoms with Gasteiger partial charge in [-0.2, -0.15) is 0 Å². The van der Waals surface area contributed by atoms with E-state index >= 15 is 0 Å². The van der Waals surface area contributed by atoms with Crippen molar-refractivity contribution in [3.63, 3.8) is 0 Å². The van der Waals surface area contributed by atoms with Crippen LogP contribution in [0, 0.1) is 34.0 Å². The molecule has 0 saturated heterocycles. The summed E-state index contributed by atoms with van der Waals surface area (Å²) in [5, 5.41) is 21.0. The van der Waals surface area contributed by atoms with Crippen LogP contribution in [0.4, 0.5) is 0 Å². The molecule has 8 atom stereocenters. The summed E-state index contributed by atoms with van der Waals surface area (Å²) in [7, 11) is 1.81. The summed E-state index contributed by atoms with van der Waals surface area (Å²) in [6.45, 7) is 6.29. The highest BCUT2D eigenvalue weighted by Gasteiger charge is 2.69. The van der Waals surface area contributed by atoms with Crippen molar-refractivity contribution in [2.45, 2.75) is 71.0 Å². The van der Waals surface area contributed by atoms with Crippen molar-refractivity contribution >= 4 is 5.97 Å². The molecule has 2 bridgehead atoms. The molecule has 0 aromatic carbocycles. The normalized spacial score (nSPS) is 57.0. The molecule has 0 heterocycles. The third kappa shape index (κ3) is 1.98. The van der Waals surface area contributed by atoms with Gasteiger partial charge in [0.05, 0.1) is 17.1 Å². The average Bonchev–Trinajstić information content (AvgIpc) is 2.78. The minimum atomic E-state index is -0.733. The number of aliphatic hydroxyl groups excluding tert-OH is 1. The Morgan fingerprint density at radius 1 is 1.16 bits per heavy atom. The van der Waals surface area contributed by atoms with Crippen molar-refractivity contribution < 1.29 is 19.7 Å². The molecule has 0 radical (unpaired) electrons. The van der Waals surface area contributed by atoms with Gasteiger partial charge in [-0.25, -0.2) is 0 Å². The zero-order valence-corrected chi connectivity index (χ0v) is 15.9. The van der Waals surface area contributed by atoms with E-state index in [1.165, 1.54) is 0 Å². The number of hydrogen-bond acceptors (Lipinski definition) is 3. The van der Waals surface area contributed by atoms with Crippen molar-refractivity contribution in [1.29, 1.82) is 0 Å². The molecule has 3 fully saturated rings. The smallest absolute Gasteiger partial charge is 0.309 e. The maximum absolute atomic E-state index is 12.1. The first kappa shape index (κ1) is 17.5. The molecule has 25 heavy (non-hydrogen) atoms. The van der Waals surface area contributed by atoms with E-state index in [0.717, 1.165) is 25.7 Å². The quantitative estimate of drug-likeness (QED) is 0.748. The molecule has 0 aromatic rings. The number of carboxylic acids is 1. The maximum Gasteiger partial charge on any atom is 0.309 e. The highest BCUT2D eigenvalue weighted by molar-refractivity contribution is 5.75. The molecule has 1 spiro atoms. The van der Waals surface area contributed by atoms with Gasteiger partial charge in [0.15, 0.2) is 0 Å². The van der Waals surface area contributed by atoms with Crippen molar-refractivity contribution in [2.75, 3.05) is 7.11 Å². The van der Waals surface area contributed by atoms with Gasteiger partial charge in [0.2, 0.25) is 0 Å². The first-order chi connectivity index (χ1) is 11.6. The van der Waals surface area contributed by atoms with E-state index in [2.05, 4.69) is 26.0 Å². The number of fused-ring (bicyclic) bond motifs is 3. The summed E-state index contributed by atoms with van der Waals surface area (Å²) in [5.74, 6) is -0.00805. The zero-order valence-electron chi connectivity index (χ0n) is 15.9. The molecule has 0 amide bonds. The van der Waals surface area contributed by atoms with Gasteiger partial charge in [-0.05, 0) is 69.6 Å². The Morgan fingerprint density at radius 3 is 2.52 bits per heavy atom. The van der Waals surface area contributed by atoms with Crippen molar-refractivity contribution in [1.82, 2.24) is 0 Å². The number of carbonyl (C=O) groups is 1. The summed E-state index contributed by atoms with van der Waals surface area (Å²) < 4.78 is 5.92. The first-order valence-electron chi connectivity index (χ1n) is 9.77. The highest BCUT2D eigenvalue weighted by atomic mass is 16.5. The Labute approximate surface area is 150 Å². The van der Waals surface area contributed by atoms with E-state index < -0.39 is 17.5 Å². The Hall–Kier alpha value is -0.870. The number of carboxylic acid groups (broad SMARTS) is 1. The molecule has 140 valence electrons. The molecule has 3 saturated carbocycles. The number of hydrogen-bond donors (Lipinski definition) is 2. The van der Waals surface area contributed by atoms with Crippen molar-refractivity contribution in [2.24, 2.45) is 34.0 Å². The number of allylic oxidation sites excluding steroid dienone is 1. The largest absolute Gasteiger partial charge is 0.481 e. The van der Waals surface area contributed by atoms with Gasteiger partial charge in [-0.1, -0.05) is 19.1 Å². The van der Waals surface area contributed by atoms with Gasteiger partial charge in [0, 0.05) is 18.4 Å². The van der Waals surface area contributed by atoms with Gasteiger partial charge >= 0.3 is 5.97 Å². The number of aliphatic hydroxyl groups is 1. The topological polar surface area (TPSA) is 66.8 Å². The van der Waals surface area contributed by atoms with E-state index in [9.17, 15) is 15.0 Å². The molecular formula is C21H32O4. The molecule has 2 N–H and O–H groups in total. The molecule has 0 aliphatic heterocycles. The second-order valence-corrected chi connectivity index (χ2v) is 9.96. The van der Waals surface area contributed by atoms with Crippen LogP contribution in [0.3, 0.4) is 0 Å². The monoisotopic (exact) mass is 348 g/mol. The lowest BCUT2D eigenvalue weighted by Crippen LogP contribution is -2.62. The van der Waals surface area contributed by atoms with Gasteiger partial charge in [-0.15, -0.1) is 0 Å². The number of methoxy groups -OCH3 is 1. The molecule has 4 rings (SSSR count). The summed E-state index contributed by atoms with van der Waals surface area (Å²) in [6, 6.07) is 0. The maximum atomic E-state index is 12.1. The zero-order chi connectivity index (χ0) is 18.3. The average molecular weight is 348 g/mol. The van der Waals surface area contributed by atoms with Crippen LogP contribution in [0.1, 0.15) is 59.3 Å². The van der Waals surface area contributed by atoms with Gasteiger partial charge in [0.1, 0.15) is 0 Å². The van der Waals surface area contributed by atoms with Crippen molar-refractivity contribution in [3.05, 3.63) is 12.2 Å².